The predicted octanol–water partition coefficient (Wildman–Crippen LogP) is 3.27. The minimum atomic E-state index is -3.68. The molecule has 6 nitrogen and oxygen atoms in total. The van der Waals surface area contributed by atoms with Crippen LogP contribution in [0.4, 0.5) is 5.69 Å². The Bertz CT molecular complexity index is 840. The Morgan fingerprint density at radius 1 is 1.12 bits per heavy atom. The molecule has 1 fully saturated rings. The smallest absolute Gasteiger partial charge is 0.271 e. The number of anilines is 1. The number of hydrogen-bond donors (Lipinski definition) is 2. The Balaban J connectivity index is 1.77. The quantitative estimate of drug-likeness (QED) is 0.852. The van der Waals surface area contributed by atoms with Crippen LogP contribution >= 0.6 is 11.3 Å². The molecule has 0 spiro atoms. The SMILES string of the molecule is O=C(c1ccc(NS(=O)(=O)c2cccs2)cc1O)N1CCCCCC1. The van der Waals surface area contributed by atoms with Gasteiger partial charge in [0.1, 0.15) is 9.96 Å². The van der Waals surface area contributed by atoms with Crippen LogP contribution in [0.25, 0.3) is 0 Å². The van der Waals surface area contributed by atoms with E-state index in [-0.39, 0.29) is 27.1 Å². The van der Waals surface area contributed by atoms with Gasteiger partial charge >= 0.3 is 0 Å². The lowest BCUT2D eigenvalue weighted by Gasteiger charge is -2.21. The lowest BCUT2D eigenvalue weighted by Crippen LogP contribution is -2.31. The highest BCUT2D eigenvalue weighted by molar-refractivity contribution is 7.94. The van der Waals surface area contributed by atoms with E-state index < -0.39 is 10.0 Å². The molecule has 0 bridgehead atoms. The summed E-state index contributed by atoms with van der Waals surface area (Å²) in [7, 11) is -3.68. The van der Waals surface area contributed by atoms with E-state index in [0.717, 1.165) is 37.0 Å². The number of sulfonamides is 1. The molecule has 0 unspecified atom stereocenters. The summed E-state index contributed by atoms with van der Waals surface area (Å²) in [5.41, 5.74) is 0.416. The van der Waals surface area contributed by atoms with Crippen molar-refractivity contribution in [1.29, 1.82) is 0 Å². The number of carbonyl (C=O) groups is 1. The highest BCUT2D eigenvalue weighted by Gasteiger charge is 2.21. The second-order valence-electron chi connectivity index (χ2n) is 5.98. The van der Waals surface area contributed by atoms with Gasteiger partial charge in [-0.2, -0.15) is 0 Å². The molecule has 0 atom stereocenters. The number of phenolic OH excluding ortho intramolecular Hbond substituents is 1. The van der Waals surface area contributed by atoms with E-state index in [1.807, 2.05) is 0 Å². The fourth-order valence-corrected chi connectivity index (χ4v) is 4.88. The maximum atomic E-state index is 12.6. The molecule has 1 aromatic carbocycles. The van der Waals surface area contributed by atoms with Gasteiger partial charge in [-0.05, 0) is 36.4 Å². The summed E-state index contributed by atoms with van der Waals surface area (Å²) in [6, 6.07) is 7.39. The average molecular weight is 380 g/mol. The molecular weight excluding hydrogens is 360 g/mol. The first-order valence-electron chi connectivity index (χ1n) is 8.16. The van der Waals surface area contributed by atoms with Crippen LogP contribution in [0.1, 0.15) is 36.0 Å². The highest BCUT2D eigenvalue weighted by Crippen LogP contribution is 2.27. The van der Waals surface area contributed by atoms with Gasteiger partial charge in [-0.1, -0.05) is 18.9 Å². The van der Waals surface area contributed by atoms with Gasteiger partial charge in [-0.15, -0.1) is 11.3 Å². The summed E-state index contributed by atoms with van der Waals surface area (Å²) >= 11 is 1.11. The van der Waals surface area contributed by atoms with Crippen molar-refractivity contribution < 1.29 is 18.3 Å². The van der Waals surface area contributed by atoms with Crippen LogP contribution in [0.2, 0.25) is 0 Å². The first-order chi connectivity index (χ1) is 12.0. The second kappa shape index (κ2) is 7.45. The zero-order chi connectivity index (χ0) is 17.9. The topological polar surface area (TPSA) is 86.7 Å². The van der Waals surface area contributed by atoms with E-state index in [2.05, 4.69) is 4.72 Å². The number of benzene rings is 1. The Hall–Kier alpha value is -2.06. The fourth-order valence-electron chi connectivity index (χ4n) is 2.84. The number of nitrogens with one attached hydrogen (secondary N) is 1. The Labute approximate surface area is 151 Å². The van der Waals surface area contributed by atoms with Crippen LogP contribution in [0.5, 0.6) is 5.75 Å². The third kappa shape index (κ3) is 4.13. The van der Waals surface area contributed by atoms with Crippen molar-refractivity contribution in [2.75, 3.05) is 17.8 Å². The molecule has 134 valence electrons. The van der Waals surface area contributed by atoms with Crippen molar-refractivity contribution in [1.82, 2.24) is 4.90 Å². The van der Waals surface area contributed by atoms with Crippen LogP contribution in [-0.4, -0.2) is 37.4 Å². The van der Waals surface area contributed by atoms with Gasteiger partial charge in [0.25, 0.3) is 15.9 Å². The maximum absolute atomic E-state index is 12.6. The first kappa shape index (κ1) is 17.8. The van der Waals surface area contributed by atoms with Crippen molar-refractivity contribution in [3.63, 3.8) is 0 Å². The molecule has 0 radical (unpaired) electrons. The van der Waals surface area contributed by atoms with Gasteiger partial charge in [-0.25, -0.2) is 8.42 Å². The molecule has 1 saturated heterocycles. The van der Waals surface area contributed by atoms with Crippen LogP contribution < -0.4 is 4.72 Å². The van der Waals surface area contributed by atoms with Gasteiger partial charge in [0.2, 0.25) is 0 Å². The highest BCUT2D eigenvalue weighted by atomic mass is 32.2. The lowest BCUT2D eigenvalue weighted by molar-refractivity contribution is 0.0758. The molecule has 25 heavy (non-hydrogen) atoms. The maximum Gasteiger partial charge on any atom is 0.271 e. The predicted molar refractivity (Wildman–Crippen MR) is 97.6 cm³/mol. The largest absolute Gasteiger partial charge is 0.507 e. The lowest BCUT2D eigenvalue weighted by atomic mass is 10.1. The summed E-state index contributed by atoms with van der Waals surface area (Å²) in [6.07, 6.45) is 4.15. The number of rotatable bonds is 4. The first-order valence-corrected chi connectivity index (χ1v) is 10.5. The molecule has 1 aliphatic heterocycles. The van der Waals surface area contributed by atoms with Crippen LogP contribution in [0.3, 0.4) is 0 Å². The van der Waals surface area contributed by atoms with Crippen LogP contribution in [0.15, 0.2) is 39.9 Å². The van der Waals surface area contributed by atoms with E-state index in [4.69, 9.17) is 0 Å². The number of phenols is 1. The van der Waals surface area contributed by atoms with Crippen molar-refractivity contribution in [3.8, 4) is 5.75 Å². The van der Waals surface area contributed by atoms with E-state index in [1.54, 1.807) is 16.3 Å². The third-order valence-corrected chi connectivity index (χ3v) is 6.91. The minimum absolute atomic E-state index is 0.191. The zero-order valence-corrected chi connectivity index (χ0v) is 15.3. The van der Waals surface area contributed by atoms with Crippen molar-refractivity contribution in [2.45, 2.75) is 29.9 Å². The summed E-state index contributed by atoms with van der Waals surface area (Å²) in [6.45, 7) is 1.37. The molecule has 2 heterocycles. The molecule has 1 amide bonds. The van der Waals surface area contributed by atoms with E-state index >= 15 is 0 Å². The number of aromatic hydroxyl groups is 1. The molecule has 0 saturated carbocycles. The number of hydrogen-bond acceptors (Lipinski definition) is 5. The molecule has 2 N–H and O–H groups in total. The number of likely N-dealkylation sites (tertiary alicyclic amines) is 1. The number of nitrogens with zero attached hydrogens (tertiary/aromatic N) is 1. The van der Waals surface area contributed by atoms with E-state index in [0.29, 0.717) is 13.1 Å². The zero-order valence-electron chi connectivity index (χ0n) is 13.6. The van der Waals surface area contributed by atoms with Crippen molar-refractivity contribution in [3.05, 3.63) is 41.3 Å². The van der Waals surface area contributed by atoms with Crippen molar-refractivity contribution in [2.24, 2.45) is 0 Å². The molecule has 0 aliphatic carbocycles. The second-order valence-corrected chi connectivity index (χ2v) is 8.83. The standard InChI is InChI=1S/C17H20N2O4S2/c20-15-12-13(18-25(22,23)16-6-5-11-24-16)7-8-14(15)17(21)19-9-3-1-2-4-10-19/h5-8,11-12,18,20H,1-4,9-10H2. The molecule has 1 aromatic heterocycles. The van der Waals surface area contributed by atoms with Gasteiger partial charge in [0.15, 0.2) is 0 Å². The Morgan fingerprint density at radius 3 is 2.44 bits per heavy atom. The van der Waals surface area contributed by atoms with Gasteiger partial charge < -0.3 is 10.0 Å². The minimum Gasteiger partial charge on any atom is -0.507 e. The fraction of sp³-hybridized carbons (Fsp3) is 0.353. The van der Waals surface area contributed by atoms with E-state index in [9.17, 15) is 18.3 Å². The van der Waals surface area contributed by atoms with Gasteiger partial charge in [0.05, 0.1) is 11.3 Å². The number of amides is 1. The summed E-state index contributed by atoms with van der Waals surface area (Å²) in [4.78, 5) is 14.3. The summed E-state index contributed by atoms with van der Waals surface area (Å²) < 4.78 is 27.0. The Kier molecular flexibility index (Phi) is 5.29. The number of carbonyl (C=O) groups excluding carboxylic acids is 1. The Morgan fingerprint density at radius 2 is 1.84 bits per heavy atom. The van der Waals surface area contributed by atoms with Crippen LogP contribution in [-0.2, 0) is 10.0 Å². The van der Waals surface area contributed by atoms with Crippen LogP contribution in [0, 0.1) is 0 Å². The molecule has 1 aliphatic rings. The monoisotopic (exact) mass is 380 g/mol. The van der Waals surface area contributed by atoms with Gasteiger partial charge in [-0.3, -0.25) is 9.52 Å². The average Bonchev–Trinajstić information content (AvgIpc) is 2.98. The summed E-state index contributed by atoms with van der Waals surface area (Å²) in [5, 5.41) is 11.9. The molecular formula is C17H20N2O4S2. The number of thiophene rings is 1. The van der Waals surface area contributed by atoms with Gasteiger partial charge in [0, 0.05) is 19.2 Å². The molecule has 3 rings (SSSR count). The summed E-state index contributed by atoms with van der Waals surface area (Å²) in [5.74, 6) is -0.437. The van der Waals surface area contributed by atoms with Crippen molar-refractivity contribution >= 4 is 33.0 Å². The normalized spacial score (nSPS) is 15.6. The van der Waals surface area contributed by atoms with E-state index in [1.165, 1.54) is 24.3 Å². The molecule has 8 heteroatoms. The third-order valence-electron chi connectivity index (χ3n) is 4.13. The molecule has 2 aromatic rings.